The van der Waals surface area contributed by atoms with Gasteiger partial charge in [-0.1, -0.05) is 11.3 Å². The fourth-order valence-electron chi connectivity index (χ4n) is 3.31. The number of pyridine rings is 1. The second-order valence-corrected chi connectivity index (χ2v) is 6.87. The van der Waals surface area contributed by atoms with E-state index in [1.54, 1.807) is 4.68 Å². The highest BCUT2D eigenvalue weighted by molar-refractivity contribution is 5.53. The lowest BCUT2D eigenvalue weighted by atomic mass is 10.00. The number of hydrogen-bond acceptors (Lipinski definition) is 5. The number of likely N-dealkylation sites (tertiary alicyclic amines) is 1. The van der Waals surface area contributed by atoms with Crippen molar-refractivity contribution in [1.82, 2.24) is 29.5 Å². The lowest BCUT2D eigenvalue weighted by Gasteiger charge is -2.20. The van der Waals surface area contributed by atoms with Crippen molar-refractivity contribution < 1.29 is 5.11 Å². The molecule has 1 aliphatic rings. The first-order valence-corrected chi connectivity index (χ1v) is 8.33. The number of aliphatic hydroxyl groups is 1. The number of aromatic nitrogens is 5. The summed E-state index contributed by atoms with van der Waals surface area (Å²) in [5, 5.41) is 23.7. The first kappa shape index (κ1) is 15.3. The van der Waals surface area contributed by atoms with E-state index < -0.39 is 5.60 Å². The minimum atomic E-state index is -0.921. The smallest absolute Gasteiger partial charge is 0.124 e. The van der Waals surface area contributed by atoms with Crippen LogP contribution in [0, 0.1) is 0 Å². The van der Waals surface area contributed by atoms with E-state index >= 15 is 0 Å². The van der Waals surface area contributed by atoms with Gasteiger partial charge in [-0.05, 0) is 32.4 Å². The summed E-state index contributed by atoms with van der Waals surface area (Å²) in [4.78, 5) is 2.25. The maximum absolute atomic E-state index is 11.0. The monoisotopic (exact) mass is 326 g/mol. The highest BCUT2D eigenvalue weighted by Gasteiger charge is 2.40. The van der Waals surface area contributed by atoms with Gasteiger partial charge in [0.05, 0.1) is 17.9 Å². The van der Waals surface area contributed by atoms with E-state index in [-0.39, 0.29) is 6.04 Å². The minimum absolute atomic E-state index is 0.242. The van der Waals surface area contributed by atoms with Crippen LogP contribution < -0.4 is 0 Å². The molecular weight excluding hydrogens is 304 g/mol. The van der Waals surface area contributed by atoms with Crippen molar-refractivity contribution in [2.24, 2.45) is 0 Å². The Labute approximate surface area is 140 Å². The molecule has 0 aliphatic carbocycles. The molecule has 0 saturated carbocycles. The molecule has 0 bridgehead atoms. The van der Waals surface area contributed by atoms with Gasteiger partial charge < -0.3 is 5.11 Å². The van der Waals surface area contributed by atoms with E-state index in [0.29, 0.717) is 18.7 Å². The molecule has 1 saturated heterocycles. The molecule has 4 heterocycles. The fraction of sp³-hybridized carbons (Fsp3) is 0.471. The number of rotatable bonds is 4. The van der Waals surface area contributed by atoms with Crippen LogP contribution >= 0.6 is 0 Å². The van der Waals surface area contributed by atoms with Crippen molar-refractivity contribution in [1.29, 1.82) is 0 Å². The van der Waals surface area contributed by atoms with Crippen LogP contribution in [0.5, 0.6) is 0 Å². The van der Waals surface area contributed by atoms with Crippen LogP contribution in [0.1, 0.15) is 37.6 Å². The predicted octanol–water partition coefficient (Wildman–Crippen LogP) is 1.60. The van der Waals surface area contributed by atoms with Crippen LogP contribution in [-0.2, 0) is 12.1 Å². The Bertz CT molecular complexity index is 854. The first-order valence-electron chi connectivity index (χ1n) is 8.33. The van der Waals surface area contributed by atoms with Crippen LogP contribution in [0.3, 0.4) is 0 Å². The van der Waals surface area contributed by atoms with Gasteiger partial charge in [-0.2, -0.15) is 5.10 Å². The predicted molar refractivity (Wildman–Crippen MR) is 89.4 cm³/mol. The molecule has 0 aromatic carbocycles. The SMILES string of the molecule is CC(C)n1cc([C@]2(O)CCN(Cc3cnn4ccccc34)C2)nn1. The molecule has 1 fully saturated rings. The van der Waals surface area contributed by atoms with E-state index in [9.17, 15) is 5.11 Å². The number of β-amino-alcohol motifs (C(OH)–C–C–N with tert-alkyl or cyclic N) is 1. The van der Waals surface area contributed by atoms with Crippen molar-refractivity contribution in [3.05, 3.63) is 48.0 Å². The average molecular weight is 326 g/mol. The molecule has 7 heteroatoms. The summed E-state index contributed by atoms with van der Waals surface area (Å²) in [6.07, 6.45) is 6.39. The van der Waals surface area contributed by atoms with Crippen LogP contribution in [0.25, 0.3) is 5.52 Å². The summed E-state index contributed by atoms with van der Waals surface area (Å²) < 4.78 is 3.67. The third-order valence-electron chi connectivity index (χ3n) is 4.74. The first-order chi connectivity index (χ1) is 11.5. The number of hydrogen-bond donors (Lipinski definition) is 1. The summed E-state index contributed by atoms with van der Waals surface area (Å²) in [7, 11) is 0. The van der Waals surface area contributed by atoms with Gasteiger partial charge in [-0.3, -0.25) is 4.90 Å². The van der Waals surface area contributed by atoms with Crippen molar-refractivity contribution in [2.45, 2.75) is 38.5 Å². The Kier molecular flexibility index (Phi) is 3.62. The highest BCUT2D eigenvalue weighted by Crippen LogP contribution is 2.32. The molecule has 1 atom stereocenters. The molecule has 0 radical (unpaired) electrons. The molecule has 3 aromatic heterocycles. The quantitative estimate of drug-likeness (QED) is 0.788. The molecule has 7 nitrogen and oxygen atoms in total. The van der Waals surface area contributed by atoms with E-state index in [2.05, 4.69) is 40.2 Å². The van der Waals surface area contributed by atoms with Gasteiger partial charge in [0.1, 0.15) is 11.3 Å². The molecule has 1 aliphatic heterocycles. The summed E-state index contributed by atoms with van der Waals surface area (Å²) in [6, 6.07) is 6.30. The molecule has 4 rings (SSSR count). The Morgan fingerprint density at radius 1 is 1.33 bits per heavy atom. The Balaban J connectivity index is 1.51. The molecule has 1 N–H and O–H groups in total. The fourth-order valence-corrected chi connectivity index (χ4v) is 3.31. The number of nitrogens with zero attached hydrogens (tertiary/aromatic N) is 6. The second-order valence-electron chi connectivity index (χ2n) is 6.87. The Morgan fingerprint density at radius 3 is 3.00 bits per heavy atom. The zero-order valence-electron chi connectivity index (χ0n) is 14.0. The van der Waals surface area contributed by atoms with Gasteiger partial charge >= 0.3 is 0 Å². The highest BCUT2D eigenvalue weighted by atomic mass is 16.3. The van der Waals surface area contributed by atoms with Gasteiger partial charge in [-0.15, -0.1) is 5.10 Å². The van der Waals surface area contributed by atoms with E-state index in [4.69, 9.17) is 0 Å². The molecule has 0 spiro atoms. The summed E-state index contributed by atoms with van der Waals surface area (Å²) in [5.74, 6) is 0. The van der Waals surface area contributed by atoms with Gasteiger partial charge in [0, 0.05) is 37.4 Å². The molecular formula is C17H22N6O. The summed E-state index contributed by atoms with van der Waals surface area (Å²) in [5.41, 5.74) is 2.03. The van der Waals surface area contributed by atoms with Crippen molar-refractivity contribution in [3.63, 3.8) is 0 Å². The van der Waals surface area contributed by atoms with Crippen molar-refractivity contribution in [2.75, 3.05) is 13.1 Å². The Morgan fingerprint density at radius 2 is 2.21 bits per heavy atom. The standard InChI is InChI=1S/C17H22N6O/c1-13(2)23-11-16(19-20-23)17(24)6-8-21(12-17)10-14-9-18-22-7-4-3-5-15(14)22/h3-5,7,9,11,13,24H,6,8,10,12H2,1-2H3/t17-/m0/s1. The van der Waals surface area contributed by atoms with E-state index in [1.165, 1.54) is 5.56 Å². The third-order valence-corrected chi connectivity index (χ3v) is 4.74. The van der Waals surface area contributed by atoms with Crippen LogP contribution in [0.2, 0.25) is 0 Å². The third kappa shape index (κ3) is 2.59. The topological polar surface area (TPSA) is 71.5 Å². The molecule has 24 heavy (non-hydrogen) atoms. The zero-order valence-corrected chi connectivity index (χ0v) is 14.0. The summed E-state index contributed by atoms with van der Waals surface area (Å²) in [6.45, 7) is 6.26. The van der Waals surface area contributed by atoms with E-state index in [1.807, 2.05) is 35.2 Å². The maximum Gasteiger partial charge on any atom is 0.124 e. The summed E-state index contributed by atoms with van der Waals surface area (Å²) >= 11 is 0. The van der Waals surface area contributed by atoms with Gasteiger partial charge in [0.15, 0.2) is 0 Å². The molecule has 126 valence electrons. The lowest BCUT2D eigenvalue weighted by molar-refractivity contribution is 0.0408. The minimum Gasteiger partial charge on any atom is -0.382 e. The maximum atomic E-state index is 11.0. The van der Waals surface area contributed by atoms with Crippen LogP contribution in [0.15, 0.2) is 36.8 Å². The molecule has 0 amide bonds. The zero-order chi connectivity index (χ0) is 16.7. The van der Waals surface area contributed by atoms with Crippen LogP contribution in [0.4, 0.5) is 0 Å². The number of fused-ring (bicyclic) bond motifs is 1. The van der Waals surface area contributed by atoms with Crippen molar-refractivity contribution >= 4 is 5.52 Å². The second kappa shape index (κ2) is 5.68. The van der Waals surface area contributed by atoms with Gasteiger partial charge in [0.2, 0.25) is 0 Å². The van der Waals surface area contributed by atoms with E-state index in [0.717, 1.165) is 18.6 Å². The van der Waals surface area contributed by atoms with Crippen LogP contribution in [-0.4, -0.2) is 47.7 Å². The van der Waals surface area contributed by atoms with Gasteiger partial charge in [0.25, 0.3) is 0 Å². The molecule has 3 aromatic rings. The average Bonchev–Trinajstić information content (AvgIpc) is 3.28. The molecule has 0 unspecified atom stereocenters. The normalized spacial score (nSPS) is 22.0. The van der Waals surface area contributed by atoms with Crippen molar-refractivity contribution in [3.8, 4) is 0 Å². The lowest BCUT2D eigenvalue weighted by Crippen LogP contribution is -2.31. The van der Waals surface area contributed by atoms with Gasteiger partial charge in [-0.25, -0.2) is 9.20 Å². The largest absolute Gasteiger partial charge is 0.382 e. The Hall–Kier alpha value is -2.25.